The highest BCUT2D eigenvalue weighted by molar-refractivity contribution is 7.16. The molecule has 2 aromatic heterocycles. The molecule has 0 saturated carbocycles. The summed E-state index contributed by atoms with van der Waals surface area (Å²) in [5.74, 6) is -1.10. The maximum atomic E-state index is 13.5. The number of hydrogen-bond donors (Lipinski definition) is 1. The zero-order valence-corrected chi connectivity index (χ0v) is 23.8. The average Bonchev–Trinajstić information content (AvgIpc) is 3.38. The number of carbonyl (C=O) groups excluding carboxylic acids is 3. The Balaban J connectivity index is 1.51. The minimum atomic E-state index is -4.64. The second kappa shape index (κ2) is 13.1. The van der Waals surface area contributed by atoms with Crippen molar-refractivity contribution in [2.75, 3.05) is 37.0 Å². The lowest BCUT2D eigenvalue weighted by molar-refractivity contribution is -0.148. The van der Waals surface area contributed by atoms with Crippen molar-refractivity contribution in [3.63, 3.8) is 0 Å². The summed E-state index contributed by atoms with van der Waals surface area (Å²) < 4.78 is 55.7. The number of amides is 1. The fourth-order valence-electron chi connectivity index (χ4n) is 4.28. The molecule has 0 bridgehead atoms. The molecule has 0 spiro atoms. The molecular weight excluding hydrogens is 579 g/mol. The van der Waals surface area contributed by atoms with Crippen LogP contribution < -0.4 is 15.0 Å². The van der Waals surface area contributed by atoms with E-state index in [9.17, 15) is 27.6 Å². The Morgan fingerprint density at radius 3 is 2.43 bits per heavy atom. The molecule has 0 aliphatic carbocycles. The number of esters is 2. The minimum Gasteiger partial charge on any atom is -0.497 e. The summed E-state index contributed by atoms with van der Waals surface area (Å²) in [4.78, 5) is 51.5. The van der Waals surface area contributed by atoms with Gasteiger partial charge in [0.05, 0.1) is 48.2 Å². The third-order valence-corrected chi connectivity index (χ3v) is 7.32. The number of piperidine rings is 1. The Morgan fingerprint density at radius 1 is 1.10 bits per heavy atom. The van der Waals surface area contributed by atoms with E-state index in [-0.39, 0.29) is 46.3 Å². The Hall–Kier alpha value is -4.27. The number of benzene rings is 1. The highest BCUT2D eigenvalue weighted by atomic mass is 32.1. The molecule has 0 atom stereocenters. The molecular formula is C27H28F3N5O6S. The molecule has 11 nitrogen and oxygen atoms in total. The maximum Gasteiger partial charge on any atom is 0.416 e. The SMILES string of the molecule is CCOC(=O)C1CCN(c2cnc(C(=O)Nc3nc(-c4cc(OC)cc(C(F)(F)F)c4)c(COC(C)=O)s3)cn2)CC1. The fraction of sp³-hybridized carbons (Fsp3) is 0.407. The van der Waals surface area contributed by atoms with Crippen LogP contribution in [0.2, 0.25) is 0 Å². The van der Waals surface area contributed by atoms with E-state index >= 15 is 0 Å². The van der Waals surface area contributed by atoms with Crippen LogP contribution in [0.15, 0.2) is 30.6 Å². The van der Waals surface area contributed by atoms with Crippen LogP contribution in [-0.4, -0.2) is 59.6 Å². The van der Waals surface area contributed by atoms with Gasteiger partial charge in [0, 0.05) is 25.6 Å². The van der Waals surface area contributed by atoms with Crippen molar-refractivity contribution in [1.29, 1.82) is 0 Å². The zero-order valence-electron chi connectivity index (χ0n) is 23.0. The quantitative estimate of drug-likeness (QED) is 0.341. The molecule has 0 unspecified atom stereocenters. The summed E-state index contributed by atoms with van der Waals surface area (Å²) in [6, 6.07) is 3.13. The van der Waals surface area contributed by atoms with Crippen molar-refractivity contribution in [2.45, 2.75) is 39.5 Å². The molecule has 3 aromatic rings. The van der Waals surface area contributed by atoms with E-state index < -0.39 is 23.6 Å². The molecule has 224 valence electrons. The molecule has 4 rings (SSSR count). The van der Waals surface area contributed by atoms with E-state index in [1.165, 1.54) is 32.5 Å². The second-order valence-electron chi connectivity index (χ2n) is 9.25. The molecule has 1 aliphatic heterocycles. The molecule has 1 saturated heterocycles. The van der Waals surface area contributed by atoms with Gasteiger partial charge < -0.3 is 19.1 Å². The van der Waals surface area contributed by atoms with Crippen LogP contribution in [0.4, 0.5) is 24.1 Å². The van der Waals surface area contributed by atoms with Crippen molar-refractivity contribution in [3.05, 3.63) is 46.7 Å². The summed E-state index contributed by atoms with van der Waals surface area (Å²) in [5, 5.41) is 2.64. The van der Waals surface area contributed by atoms with Crippen molar-refractivity contribution >= 4 is 40.1 Å². The van der Waals surface area contributed by atoms with Gasteiger partial charge in [0.2, 0.25) is 0 Å². The van der Waals surface area contributed by atoms with E-state index in [0.717, 1.165) is 23.5 Å². The van der Waals surface area contributed by atoms with Gasteiger partial charge in [0.15, 0.2) is 5.13 Å². The highest BCUT2D eigenvalue weighted by Gasteiger charge is 2.32. The second-order valence-corrected chi connectivity index (χ2v) is 10.3. The number of anilines is 2. The summed E-state index contributed by atoms with van der Waals surface area (Å²) in [6.07, 6.45) is -0.666. The molecule has 1 amide bonds. The largest absolute Gasteiger partial charge is 0.497 e. The normalized spacial score (nSPS) is 13.9. The van der Waals surface area contributed by atoms with Gasteiger partial charge in [-0.1, -0.05) is 11.3 Å². The lowest BCUT2D eigenvalue weighted by Gasteiger charge is -2.31. The molecule has 1 N–H and O–H groups in total. The van der Waals surface area contributed by atoms with Crippen LogP contribution in [0.25, 0.3) is 11.3 Å². The van der Waals surface area contributed by atoms with Crippen molar-refractivity contribution in [2.24, 2.45) is 5.92 Å². The van der Waals surface area contributed by atoms with Gasteiger partial charge in [-0.15, -0.1) is 0 Å². The predicted octanol–water partition coefficient (Wildman–Crippen LogP) is 4.72. The van der Waals surface area contributed by atoms with Gasteiger partial charge in [0.1, 0.15) is 23.9 Å². The van der Waals surface area contributed by atoms with Crippen LogP contribution in [0.1, 0.15) is 47.6 Å². The number of ether oxygens (including phenoxy) is 3. The first-order valence-corrected chi connectivity index (χ1v) is 13.7. The lowest BCUT2D eigenvalue weighted by atomic mass is 9.97. The van der Waals surface area contributed by atoms with Crippen molar-refractivity contribution in [1.82, 2.24) is 15.0 Å². The first-order chi connectivity index (χ1) is 20.0. The zero-order chi connectivity index (χ0) is 30.4. The van der Waals surface area contributed by atoms with Crippen LogP contribution in [-0.2, 0) is 31.8 Å². The fourth-order valence-corrected chi connectivity index (χ4v) is 5.17. The maximum absolute atomic E-state index is 13.5. The molecule has 1 aliphatic rings. The number of alkyl halides is 3. The third-order valence-electron chi connectivity index (χ3n) is 6.38. The van der Waals surface area contributed by atoms with Crippen LogP contribution >= 0.6 is 11.3 Å². The van der Waals surface area contributed by atoms with E-state index in [4.69, 9.17) is 14.2 Å². The Labute approximate surface area is 243 Å². The van der Waals surface area contributed by atoms with E-state index in [1.807, 2.05) is 4.90 Å². The Bertz CT molecular complexity index is 1440. The molecule has 15 heteroatoms. The molecule has 1 aromatic carbocycles. The topological polar surface area (TPSA) is 133 Å². The smallest absolute Gasteiger partial charge is 0.416 e. The standard InChI is InChI=1S/C27H28F3N5O6S/c1-4-40-25(38)16-5-7-35(8-6-16)22-13-31-20(12-32-22)24(37)34-26-33-23(21(42-26)14-41-15(2)36)17-9-18(27(28,29)30)11-19(10-17)39-3/h9-13,16H,4-8,14H2,1-3H3,(H,33,34,37). The number of thiazole rings is 1. The average molecular weight is 608 g/mol. The summed E-state index contributed by atoms with van der Waals surface area (Å²) in [7, 11) is 1.24. The first kappa shape index (κ1) is 30.7. The lowest BCUT2D eigenvalue weighted by Crippen LogP contribution is -2.37. The number of methoxy groups -OCH3 is 1. The number of aromatic nitrogens is 3. The summed E-state index contributed by atoms with van der Waals surface area (Å²) in [5.41, 5.74) is -0.807. The van der Waals surface area contributed by atoms with Gasteiger partial charge in [-0.25, -0.2) is 15.0 Å². The van der Waals surface area contributed by atoms with Crippen LogP contribution in [0.3, 0.4) is 0 Å². The number of nitrogens with one attached hydrogen (secondary N) is 1. The van der Waals surface area contributed by atoms with Crippen molar-refractivity contribution < 1.29 is 41.8 Å². The highest BCUT2D eigenvalue weighted by Crippen LogP contribution is 2.38. The number of halogens is 3. The molecule has 1 fully saturated rings. The Morgan fingerprint density at radius 2 is 1.83 bits per heavy atom. The molecule has 42 heavy (non-hydrogen) atoms. The van der Waals surface area contributed by atoms with Crippen LogP contribution in [0, 0.1) is 5.92 Å². The number of carbonyl (C=O) groups is 3. The van der Waals surface area contributed by atoms with E-state index in [1.54, 1.807) is 6.92 Å². The van der Waals surface area contributed by atoms with Gasteiger partial charge >= 0.3 is 18.1 Å². The van der Waals surface area contributed by atoms with Gasteiger partial charge in [0.25, 0.3) is 5.91 Å². The number of hydrogen-bond acceptors (Lipinski definition) is 11. The van der Waals surface area contributed by atoms with Gasteiger partial charge in [-0.05, 0) is 38.0 Å². The first-order valence-electron chi connectivity index (χ1n) is 12.9. The molecule has 0 radical (unpaired) electrons. The third kappa shape index (κ3) is 7.51. The van der Waals surface area contributed by atoms with Gasteiger partial charge in [-0.3, -0.25) is 19.7 Å². The summed E-state index contributed by atoms with van der Waals surface area (Å²) in [6.45, 7) is 4.20. The molecule has 3 heterocycles. The minimum absolute atomic E-state index is 0.0146. The number of rotatable bonds is 9. The Kier molecular flexibility index (Phi) is 9.60. The van der Waals surface area contributed by atoms with Crippen LogP contribution in [0.5, 0.6) is 5.75 Å². The van der Waals surface area contributed by atoms with Gasteiger partial charge in [-0.2, -0.15) is 13.2 Å². The monoisotopic (exact) mass is 607 g/mol. The summed E-state index contributed by atoms with van der Waals surface area (Å²) >= 11 is 0.941. The predicted molar refractivity (Wildman–Crippen MR) is 146 cm³/mol. The van der Waals surface area contributed by atoms with E-state index in [2.05, 4.69) is 20.3 Å². The van der Waals surface area contributed by atoms with E-state index in [0.29, 0.717) is 43.2 Å². The number of nitrogens with zero attached hydrogens (tertiary/aromatic N) is 4. The van der Waals surface area contributed by atoms with Crippen molar-refractivity contribution in [3.8, 4) is 17.0 Å².